The van der Waals surface area contributed by atoms with Crippen LogP contribution in [0.4, 0.5) is 0 Å². The van der Waals surface area contributed by atoms with Crippen molar-refractivity contribution in [3.8, 4) is 0 Å². The van der Waals surface area contributed by atoms with Crippen molar-refractivity contribution >= 4 is 17.7 Å². The van der Waals surface area contributed by atoms with E-state index in [-0.39, 0.29) is 29.8 Å². The average Bonchev–Trinajstić information content (AvgIpc) is 3.02. The summed E-state index contributed by atoms with van der Waals surface area (Å²) < 4.78 is 0. The molecule has 0 bridgehead atoms. The molecule has 0 fully saturated rings. The van der Waals surface area contributed by atoms with Crippen molar-refractivity contribution in [2.45, 2.75) is 160 Å². The van der Waals surface area contributed by atoms with E-state index in [4.69, 9.17) is 0 Å². The molecule has 2 atom stereocenters. The van der Waals surface area contributed by atoms with E-state index >= 15 is 0 Å². The van der Waals surface area contributed by atoms with Gasteiger partial charge in [-0.3, -0.25) is 14.4 Å². The van der Waals surface area contributed by atoms with E-state index in [9.17, 15) is 14.4 Å². The molecule has 260 valence electrons. The van der Waals surface area contributed by atoms with Crippen molar-refractivity contribution in [3.63, 3.8) is 0 Å². The third kappa shape index (κ3) is 25.6. The fraction of sp³-hybridized carbons (Fsp3) is 0.912. The van der Waals surface area contributed by atoms with Gasteiger partial charge in [0, 0.05) is 45.4 Å². The van der Waals surface area contributed by atoms with Gasteiger partial charge >= 0.3 is 0 Å². The maximum atomic E-state index is 13.1. The van der Waals surface area contributed by atoms with Crippen LogP contribution in [0.5, 0.6) is 0 Å². The Morgan fingerprint density at radius 1 is 0.545 bits per heavy atom. The average molecular weight is 630 g/mol. The van der Waals surface area contributed by atoms with Gasteiger partial charge in [0.25, 0.3) is 11.8 Å². The fourth-order valence-electron chi connectivity index (χ4n) is 5.46. The van der Waals surface area contributed by atoms with Crippen LogP contribution in [-0.2, 0) is 14.4 Å². The predicted octanol–water partition coefficient (Wildman–Crippen LogP) is 1.35. The lowest BCUT2D eigenvalue weighted by atomic mass is 10.0. The molecule has 0 saturated carbocycles. The topological polar surface area (TPSA) is 189 Å². The Morgan fingerprint density at radius 2 is 0.932 bits per heavy atom. The van der Waals surface area contributed by atoms with E-state index in [2.05, 4.69) is 40.5 Å². The van der Waals surface area contributed by atoms with Crippen LogP contribution in [0.15, 0.2) is 0 Å². The molecule has 0 aliphatic rings. The lowest BCUT2D eigenvalue weighted by Gasteiger charge is -2.23. The Morgan fingerprint density at radius 3 is 1.32 bits per heavy atom. The zero-order chi connectivity index (χ0) is 32.7. The summed E-state index contributed by atoms with van der Waals surface area (Å²) in [5.74, 6) is 0.149. The number of quaternary nitrogens is 4. The highest BCUT2D eigenvalue weighted by atomic mass is 16.2. The molecule has 0 rings (SSSR count). The van der Waals surface area contributed by atoms with Gasteiger partial charge in [-0.05, 0) is 44.9 Å². The number of unbranched alkanes of at least 4 members (excludes halogenated alkanes) is 14. The number of carbonyl (C=O) groups excluding carboxylic acids is 3. The molecule has 3 amide bonds. The van der Waals surface area contributed by atoms with E-state index < -0.39 is 0 Å². The van der Waals surface area contributed by atoms with Crippen molar-refractivity contribution in [1.29, 1.82) is 0 Å². The van der Waals surface area contributed by atoms with E-state index in [1.807, 2.05) is 4.90 Å². The quantitative estimate of drug-likeness (QED) is 0.0614. The minimum absolute atomic E-state index is 0.0143. The first-order chi connectivity index (χ1) is 21.4. The van der Waals surface area contributed by atoms with E-state index in [0.717, 1.165) is 64.5 Å². The van der Waals surface area contributed by atoms with Crippen LogP contribution in [0.3, 0.4) is 0 Å². The molecule has 0 aromatic carbocycles. The second kappa shape index (κ2) is 31.2. The number of rotatable bonds is 32. The summed E-state index contributed by atoms with van der Waals surface area (Å²) in [5.41, 5.74) is 15.7. The van der Waals surface area contributed by atoms with Gasteiger partial charge in [-0.25, -0.2) is 0 Å². The molecule has 0 heterocycles. The van der Waals surface area contributed by atoms with Gasteiger partial charge in [0.05, 0.1) is 13.1 Å². The Hall–Kier alpha value is -1.75. The molecule has 10 nitrogen and oxygen atoms in total. The fourth-order valence-corrected chi connectivity index (χ4v) is 5.46. The summed E-state index contributed by atoms with van der Waals surface area (Å²) >= 11 is 0. The minimum Gasteiger partial charge on any atom is -0.358 e. The molecular weight excluding hydrogens is 554 g/mol. The molecule has 0 aromatic rings. The van der Waals surface area contributed by atoms with Crippen LogP contribution >= 0.6 is 0 Å². The third-order valence-corrected chi connectivity index (χ3v) is 8.50. The maximum Gasteiger partial charge on any atom is 0.278 e. The highest BCUT2D eigenvalue weighted by Crippen LogP contribution is 2.13. The SMILES string of the molecule is CCCCCCCCCCCCCCCC(=O)N(CCCNC(=O)[C@@H]([NH3+])CCCC[NH3+])CCCNC(=O)[C@@H]([NH3+])CCCC[NH3+]. The highest BCUT2D eigenvalue weighted by molar-refractivity contribution is 5.80. The lowest BCUT2D eigenvalue weighted by molar-refractivity contribution is -0.406. The van der Waals surface area contributed by atoms with Crippen LogP contribution in [-0.4, -0.2) is 74.0 Å². The van der Waals surface area contributed by atoms with Gasteiger partial charge in [0.2, 0.25) is 5.91 Å². The molecule has 0 saturated heterocycles. The summed E-state index contributed by atoms with van der Waals surface area (Å²) in [5, 5.41) is 5.98. The largest absolute Gasteiger partial charge is 0.358 e. The molecule has 14 N–H and O–H groups in total. The van der Waals surface area contributed by atoms with Crippen LogP contribution in [0.25, 0.3) is 0 Å². The summed E-state index contributed by atoms with van der Waals surface area (Å²) in [6.45, 7) is 6.32. The smallest absolute Gasteiger partial charge is 0.278 e. The highest BCUT2D eigenvalue weighted by Gasteiger charge is 2.18. The van der Waals surface area contributed by atoms with Gasteiger partial charge < -0.3 is 38.5 Å². The zero-order valence-corrected chi connectivity index (χ0v) is 29.0. The Balaban J connectivity index is 4.41. The second-order valence-electron chi connectivity index (χ2n) is 12.8. The first-order valence-corrected chi connectivity index (χ1v) is 18.4. The van der Waals surface area contributed by atoms with Crippen LogP contribution in [0, 0.1) is 0 Å². The van der Waals surface area contributed by atoms with Crippen LogP contribution in [0.1, 0.15) is 148 Å². The number of carbonyl (C=O) groups is 3. The Labute approximate surface area is 269 Å². The van der Waals surface area contributed by atoms with E-state index in [0.29, 0.717) is 45.4 Å². The van der Waals surface area contributed by atoms with Gasteiger partial charge in [0.15, 0.2) is 12.1 Å². The van der Waals surface area contributed by atoms with E-state index in [1.165, 1.54) is 70.6 Å². The van der Waals surface area contributed by atoms with Crippen LogP contribution < -0.4 is 33.6 Å². The summed E-state index contributed by atoms with van der Waals surface area (Å²) in [7, 11) is 0. The number of hydrogen-bond acceptors (Lipinski definition) is 3. The standard InChI is InChI=1S/C34H71N7O3/c1-2-3-4-5-6-7-8-9-10-11-12-13-14-23-32(42)41(28-19-26-39-33(43)30(37)21-15-17-24-35)29-20-27-40-34(44)31(38)22-16-18-25-36/h30-31H,2-29,35-38H2,1H3,(H,39,43)(H,40,44)/p+4/t30-,31-/m0/s1. The van der Waals surface area contributed by atoms with Gasteiger partial charge in [-0.15, -0.1) is 0 Å². The van der Waals surface area contributed by atoms with Crippen molar-refractivity contribution in [2.24, 2.45) is 0 Å². The van der Waals surface area contributed by atoms with Gasteiger partial charge in [-0.2, -0.15) is 0 Å². The molecule has 0 aliphatic carbocycles. The van der Waals surface area contributed by atoms with Gasteiger partial charge in [0.1, 0.15) is 0 Å². The molecule has 44 heavy (non-hydrogen) atoms. The van der Waals surface area contributed by atoms with Crippen molar-refractivity contribution in [2.75, 3.05) is 39.3 Å². The molecule has 0 aliphatic heterocycles. The number of hydrogen-bond donors (Lipinski definition) is 6. The second-order valence-corrected chi connectivity index (χ2v) is 12.8. The summed E-state index contributed by atoms with van der Waals surface area (Å²) in [4.78, 5) is 39.8. The number of nitrogens with one attached hydrogen (secondary N) is 2. The van der Waals surface area contributed by atoms with Crippen molar-refractivity contribution in [3.05, 3.63) is 0 Å². The molecule has 0 aromatic heterocycles. The lowest BCUT2D eigenvalue weighted by Crippen LogP contribution is -2.67. The summed E-state index contributed by atoms with van der Waals surface area (Å²) in [6.07, 6.45) is 24.2. The molecule has 10 heteroatoms. The van der Waals surface area contributed by atoms with Gasteiger partial charge in [-0.1, -0.05) is 84.0 Å². The first-order valence-electron chi connectivity index (χ1n) is 18.4. The molecule has 0 unspecified atom stereocenters. The zero-order valence-electron chi connectivity index (χ0n) is 29.0. The normalized spacial score (nSPS) is 12.6. The number of nitrogens with zero attached hydrogens (tertiary/aromatic N) is 1. The summed E-state index contributed by atoms with van der Waals surface area (Å²) in [6, 6.07) is -0.483. The monoisotopic (exact) mass is 630 g/mol. The Bertz CT molecular complexity index is 660. The van der Waals surface area contributed by atoms with Crippen molar-refractivity contribution < 1.29 is 37.3 Å². The first kappa shape index (κ1) is 42.2. The van der Waals surface area contributed by atoms with Crippen LogP contribution in [0.2, 0.25) is 0 Å². The van der Waals surface area contributed by atoms with Crippen molar-refractivity contribution in [1.82, 2.24) is 15.5 Å². The Kier molecular flexibility index (Phi) is 30.0. The molecule has 0 spiro atoms. The minimum atomic E-state index is -0.242. The maximum absolute atomic E-state index is 13.1. The predicted molar refractivity (Wildman–Crippen MR) is 179 cm³/mol. The number of amides is 3. The van der Waals surface area contributed by atoms with E-state index in [1.54, 1.807) is 0 Å². The molecule has 0 radical (unpaired) electrons. The third-order valence-electron chi connectivity index (χ3n) is 8.50. The molecular formula is C34H75N7O3+4.